The molecule has 1 fully saturated rings. The van der Waals surface area contributed by atoms with Crippen molar-refractivity contribution in [2.75, 3.05) is 23.4 Å². The highest BCUT2D eigenvalue weighted by molar-refractivity contribution is 7.99. The second-order valence-corrected chi connectivity index (χ2v) is 7.12. The first-order valence-corrected chi connectivity index (χ1v) is 9.27. The summed E-state index contributed by atoms with van der Waals surface area (Å²) in [6.07, 6.45) is 6.06. The fourth-order valence-corrected chi connectivity index (χ4v) is 3.76. The van der Waals surface area contributed by atoms with Gasteiger partial charge < -0.3 is 10.6 Å². The van der Waals surface area contributed by atoms with Crippen LogP contribution in [0.25, 0.3) is 0 Å². The Morgan fingerprint density at radius 2 is 1.95 bits per heavy atom. The van der Waals surface area contributed by atoms with Gasteiger partial charge in [0.05, 0.1) is 0 Å². The van der Waals surface area contributed by atoms with Gasteiger partial charge in [-0.1, -0.05) is 20.3 Å². The molecular weight excluding hydrogens is 280 g/mol. The van der Waals surface area contributed by atoms with Crippen molar-refractivity contribution >= 4 is 23.4 Å². The van der Waals surface area contributed by atoms with Crippen molar-refractivity contribution in [3.8, 4) is 0 Å². The van der Waals surface area contributed by atoms with Gasteiger partial charge >= 0.3 is 0 Å². The van der Waals surface area contributed by atoms with Crippen LogP contribution in [-0.2, 0) is 0 Å². The Balaban J connectivity index is 2.28. The highest BCUT2D eigenvalue weighted by atomic mass is 32.2. The highest BCUT2D eigenvalue weighted by Gasteiger charge is 2.27. The molecule has 0 aromatic carbocycles. The average molecular weight is 308 g/mol. The molecule has 118 valence electrons. The van der Waals surface area contributed by atoms with Crippen LogP contribution in [0.3, 0.4) is 0 Å². The predicted octanol–water partition coefficient (Wildman–Crippen LogP) is 4.04. The molecule has 1 saturated carbocycles. The van der Waals surface area contributed by atoms with Gasteiger partial charge in [-0.3, -0.25) is 0 Å². The molecule has 2 rings (SSSR count). The van der Waals surface area contributed by atoms with Gasteiger partial charge in [0.15, 0.2) is 0 Å². The normalized spacial score (nSPS) is 21.8. The van der Waals surface area contributed by atoms with E-state index in [1.165, 1.54) is 19.3 Å². The van der Waals surface area contributed by atoms with E-state index >= 15 is 0 Å². The summed E-state index contributed by atoms with van der Waals surface area (Å²) in [5.41, 5.74) is 1.13. The van der Waals surface area contributed by atoms with Gasteiger partial charge in [0.25, 0.3) is 0 Å². The summed E-state index contributed by atoms with van der Waals surface area (Å²) in [6, 6.07) is 0.531. The summed E-state index contributed by atoms with van der Waals surface area (Å²) >= 11 is 1.97. The maximum Gasteiger partial charge on any atom is 0.135 e. The third-order valence-corrected chi connectivity index (χ3v) is 5.27. The van der Waals surface area contributed by atoms with E-state index in [1.54, 1.807) is 0 Å². The van der Waals surface area contributed by atoms with Crippen molar-refractivity contribution in [2.24, 2.45) is 0 Å². The lowest BCUT2D eigenvalue weighted by molar-refractivity contribution is 0.740. The number of anilines is 2. The Bertz CT molecular complexity index is 476. The standard InChI is InChI=1S/C16H28N4S/c1-6-17-15-11(4)16(20-14(19-15)10(2)3)18-12-8-7-9-13(12)21-5/h10,12-13H,6-9H2,1-5H3,(H2,17,18,19,20). The zero-order chi connectivity index (χ0) is 15.4. The van der Waals surface area contributed by atoms with Crippen LogP contribution in [0.5, 0.6) is 0 Å². The van der Waals surface area contributed by atoms with Crippen LogP contribution in [0.2, 0.25) is 0 Å². The van der Waals surface area contributed by atoms with Crippen molar-refractivity contribution in [3.63, 3.8) is 0 Å². The molecule has 21 heavy (non-hydrogen) atoms. The minimum atomic E-state index is 0.337. The van der Waals surface area contributed by atoms with Crippen molar-refractivity contribution in [1.82, 2.24) is 9.97 Å². The van der Waals surface area contributed by atoms with Gasteiger partial charge in [0.1, 0.15) is 17.5 Å². The molecule has 2 atom stereocenters. The van der Waals surface area contributed by atoms with E-state index in [0.29, 0.717) is 17.2 Å². The summed E-state index contributed by atoms with van der Waals surface area (Å²) < 4.78 is 0. The molecule has 0 bridgehead atoms. The Labute approximate surface area is 132 Å². The SMILES string of the molecule is CCNc1nc(C(C)C)nc(NC2CCCC2SC)c1C. The van der Waals surface area contributed by atoms with Crippen LogP contribution in [-0.4, -0.2) is 34.1 Å². The third-order valence-electron chi connectivity index (χ3n) is 4.10. The van der Waals surface area contributed by atoms with Crippen LogP contribution < -0.4 is 10.6 Å². The van der Waals surface area contributed by atoms with Gasteiger partial charge in [-0.15, -0.1) is 0 Å². The maximum absolute atomic E-state index is 4.78. The van der Waals surface area contributed by atoms with Crippen molar-refractivity contribution < 1.29 is 0 Å². The van der Waals surface area contributed by atoms with E-state index in [0.717, 1.165) is 29.6 Å². The number of thioether (sulfide) groups is 1. The second kappa shape index (κ2) is 7.34. The molecule has 1 aliphatic rings. The van der Waals surface area contributed by atoms with E-state index < -0.39 is 0 Å². The molecule has 4 nitrogen and oxygen atoms in total. The molecule has 5 heteroatoms. The first kappa shape index (κ1) is 16.4. The zero-order valence-corrected chi connectivity index (χ0v) is 14.7. The van der Waals surface area contributed by atoms with Gasteiger partial charge in [-0.25, -0.2) is 9.97 Å². The number of rotatable bonds is 6. The lowest BCUT2D eigenvalue weighted by Gasteiger charge is -2.22. The van der Waals surface area contributed by atoms with Crippen molar-refractivity contribution in [1.29, 1.82) is 0 Å². The fraction of sp³-hybridized carbons (Fsp3) is 0.750. The molecule has 2 unspecified atom stereocenters. The summed E-state index contributed by atoms with van der Waals surface area (Å²) in [6.45, 7) is 9.37. The monoisotopic (exact) mass is 308 g/mol. The van der Waals surface area contributed by atoms with E-state index in [1.807, 2.05) is 11.8 Å². The first-order chi connectivity index (χ1) is 10.1. The van der Waals surface area contributed by atoms with Crippen LogP contribution in [0.1, 0.15) is 57.3 Å². The number of hydrogen-bond donors (Lipinski definition) is 2. The number of aromatic nitrogens is 2. The first-order valence-electron chi connectivity index (χ1n) is 7.98. The molecule has 0 saturated heterocycles. The number of nitrogens with one attached hydrogen (secondary N) is 2. The van der Waals surface area contributed by atoms with Crippen LogP contribution in [0.15, 0.2) is 0 Å². The molecule has 0 aliphatic heterocycles. The Morgan fingerprint density at radius 3 is 2.57 bits per heavy atom. The van der Waals surface area contributed by atoms with Gasteiger partial charge in [-0.2, -0.15) is 11.8 Å². The molecule has 0 amide bonds. The second-order valence-electron chi connectivity index (χ2n) is 6.04. The lowest BCUT2D eigenvalue weighted by Crippen LogP contribution is -2.27. The molecule has 1 heterocycles. The van der Waals surface area contributed by atoms with E-state index in [4.69, 9.17) is 4.98 Å². The van der Waals surface area contributed by atoms with Gasteiger partial charge in [-0.05, 0) is 32.9 Å². The van der Waals surface area contributed by atoms with Crippen LogP contribution in [0, 0.1) is 6.92 Å². The van der Waals surface area contributed by atoms with Crippen molar-refractivity contribution in [2.45, 2.75) is 64.2 Å². The van der Waals surface area contributed by atoms with Crippen molar-refractivity contribution in [3.05, 3.63) is 11.4 Å². The molecule has 0 radical (unpaired) electrons. The third kappa shape index (κ3) is 3.82. The fourth-order valence-electron chi connectivity index (χ4n) is 2.82. The van der Waals surface area contributed by atoms with Crippen LogP contribution in [0.4, 0.5) is 11.6 Å². The topological polar surface area (TPSA) is 49.8 Å². The highest BCUT2D eigenvalue weighted by Crippen LogP contribution is 2.32. The molecule has 1 aliphatic carbocycles. The molecule has 2 N–H and O–H groups in total. The maximum atomic E-state index is 4.78. The summed E-state index contributed by atoms with van der Waals surface area (Å²) in [5.74, 6) is 3.23. The number of nitrogens with zero attached hydrogens (tertiary/aromatic N) is 2. The molecular formula is C16H28N4S. The lowest BCUT2D eigenvalue weighted by atomic mass is 10.2. The number of hydrogen-bond acceptors (Lipinski definition) is 5. The quantitative estimate of drug-likeness (QED) is 0.830. The average Bonchev–Trinajstić information content (AvgIpc) is 2.90. The minimum Gasteiger partial charge on any atom is -0.370 e. The Kier molecular flexibility index (Phi) is 5.73. The largest absolute Gasteiger partial charge is 0.370 e. The molecule has 0 spiro atoms. The smallest absolute Gasteiger partial charge is 0.135 e. The van der Waals surface area contributed by atoms with Crippen LogP contribution >= 0.6 is 11.8 Å². The molecule has 1 aromatic heterocycles. The predicted molar refractivity (Wildman–Crippen MR) is 93.6 cm³/mol. The zero-order valence-electron chi connectivity index (χ0n) is 13.9. The molecule has 1 aromatic rings. The van der Waals surface area contributed by atoms with Gasteiger partial charge in [0, 0.05) is 29.3 Å². The minimum absolute atomic E-state index is 0.337. The summed E-state index contributed by atoms with van der Waals surface area (Å²) in [5, 5.41) is 7.76. The van der Waals surface area contributed by atoms with E-state index in [9.17, 15) is 0 Å². The Hall–Kier alpha value is -0.970. The van der Waals surface area contributed by atoms with Gasteiger partial charge in [0.2, 0.25) is 0 Å². The Morgan fingerprint density at radius 1 is 1.24 bits per heavy atom. The van der Waals surface area contributed by atoms with E-state index in [2.05, 4.69) is 49.6 Å². The summed E-state index contributed by atoms with van der Waals surface area (Å²) in [4.78, 5) is 9.44. The summed E-state index contributed by atoms with van der Waals surface area (Å²) in [7, 11) is 0. The van der Waals surface area contributed by atoms with E-state index in [-0.39, 0.29) is 0 Å².